The van der Waals surface area contributed by atoms with Gasteiger partial charge < -0.3 is 19.5 Å². The number of imide groups is 2. The molecule has 3 unspecified atom stereocenters. The number of nitrogens with zero attached hydrogens (tertiary/aromatic N) is 3. The smallest absolute Gasteiger partial charge is 0.262 e. The van der Waals surface area contributed by atoms with Crippen LogP contribution in [-0.2, 0) is 38.6 Å². The molecule has 0 radical (unpaired) electrons. The van der Waals surface area contributed by atoms with Gasteiger partial charge in [0.15, 0.2) is 5.79 Å². The Morgan fingerprint density at radius 2 is 1.42 bits per heavy atom. The van der Waals surface area contributed by atoms with Crippen LogP contribution in [0.25, 0.3) is 0 Å². The minimum atomic E-state index is -0.966. The highest BCUT2D eigenvalue weighted by Gasteiger charge is 2.46. The average molecular weight is 767 g/mol. The van der Waals surface area contributed by atoms with Gasteiger partial charge in [0, 0.05) is 69.5 Å². The van der Waals surface area contributed by atoms with Crippen molar-refractivity contribution in [3.8, 4) is 5.75 Å². The molecule has 10 rings (SSSR count). The zero-order chi connectivity index (χ0) is 38.8. The van der Waals surface area contributed by atoms with Crippen LogP contribution in [0.15, 0.2) is 84.9 Å². The Balaban J connectivity index is 0.740. The van der Waals surface area contributed by atoms with Gasteiger partial charge in [-0.2, -0.15) is 0 Å². The first-order chi connectivity index (χ1) is 27.7. The van der Waals surface area contributed by atoms with E-state index in [1.54, 1.807) is 0 Å². The summed E-state index contributed by atoms with van der Waals surface area (Å²) in [4.78, 5) is 56.5. The monoisotopic (exact) mass is 766 g/mol. The first-order valence-corrected chi connectivity index (χ1v) is 20.3. The number of hydrogen-bond acceptors (Lipinski definition) is 9. The largest absolute Gasteiger partial charge is 0.508 e. The van der Waals surface area contributed by atoms with E-state index in [1.165, 1.54) is 27.9 Å². The van der Waals surface area contributed by atoms with E-state index in [0.717, 1.165) is 61.3 Å². The molecule has 292 valence electrons. The summed E-state index contributed by atoms with van der Waals surface area (Å²) in [5, 5.41) is 12.5. The number of aromatic hydroxyl groups is 1. The molecule has 11 nitrogen and oxygen atoms in total. The summed E-state index contributed by atoms with van der Waals surface area (Å²) >= 11 is 0. The van der Waals surface area contributed by atoms with Crippen LogP contribution in [-0.4, -0.2) is 83.2 Å². The number of phenolic OH excluding ortho intramolecular Hbond substituents is 1. The lowest BCUT2D eigenvalue weighted by Gasteiger charge is -2.46. The molecule has 0 aromatic heterocycles. The number of rotatable bonds is 6. The van der Waals surface area contributed by atoms with Crippen LogP contribution < -0.4 is 10.2 Å². The van der Waals surface area contributed by atoms with E-state index >= 15 is 0 Å². The highest BCUT2D eigenvalue weighted by molar-refractivity contribution is 6.23. The molecule has 3 saturated heterocycles. The maximum Gasteiger partial charge on any atom is 0.262 e. The molecule has 0 saturated carbocycles. The standard InChI is InChI=1S/C46H46N4O7/c51-35-11-13-37-31(20-35)8-12-36(29-4-2-1-3-5-29)42(37)30-6-9-34(10-7-30)49-18-16-46(17-19-49)56-26-28(27-57-46)23-48-24-32-21-38-39(22-33(32)25-48)45(55)50(44(38)54)40-14-15-41(52)47-43(40)53/h1-7,9-11,13,20-22,28,36,40,42,51H,8,12,14-19,23-27H2,(H,47,52,53). The zero-order valence-electron chi connectivity index (χ0n) is 31.8. The molecule has 3 atom stereocenters. The van der Waals surface area contributed by atoms with Gasteiger partial charge in [-0.15, -0.1) is 0 Å². The van der Waals surface area contributed by atoms with E-state index in [-0.39, 0.29) is 30.6 Å². The fourth-order valence-electron chi connectivity index (χ4n) is 10.2. The van der Waals surface area contributed by atoms with Crippen LogP contribution in [0.5, 0.6) is 5.75 Å². The Morgan fingerprint density at radius 1 is 0.737 bits per heavy atom. The SMILES string of the molecule is O=C1CCC(N2C(=O)c3cc4c(cc3C2=O)CN(CC2COC3(CCN(c5ccc(C6c7ccc(O)cc7CCC6c6ccccc6)cc5)CC3)OC2)C4)C(=O)N1. The highest BCUT2D eigenvalue weighted by atomic mass is 16.7. The second-order valence-corrected chi connectivity index (χ2v) is 16.7. The fourth-order valence-corrected chi connectivity index (χ4v) is 10.2. The van der Waals surface area contributed by atoms with Crippen molar-refractivity contribution in [1.82, 2.24) is 15.1 Å². The predicted molar refractivity (Wildman–Crippen MR) is 211 cm³/mol. The second kappa shape index (κ2) is 14.2. The van der Waals surface area contributed by atoms with Crippen molar-refractivity contribution in [1.29, 1.82) is 0 Å². The molecule has 2 N–H and O–H groups in total. The van der Waals surface area contributed by atoms with E-state index < -0.39 is 29.6 Å². The third-order valence-electron chi connectivity index (χ3n) is 13.2. The number of benzene rings is 4. The molecule has 5 aliphatic heterocycles. The first-order valence-electron chi connectivity index (χ1n) is 20.3. The van der Waals surface area contributed by atoms with Crippen molar-refractivity contribution in [2.45, 2.75) is 75.3 Å². The van der Waals surface area contributed by atoms with Gasteiger partial charge in [0.05, 0.1) is 24.3 Å². The Labute approximate surface area is 331 Å². The third kappa shape index (κ3) is 6.51. The molecule has 6 aliphatic rings. The van der Waals surface area contributed by atoms with Crippen LogP contribution in [0, 0.1) is 5.92 Å². The van der Waals surface area contributed by atoms with Crippen molar-refractivity contribution in [3.63, 3.8) is 0 Å². The van der Waals surface area contributed by atoms with Gasteiger partial charge in [-0.1, -0.05) is 48.5 Å². The predicted octanol–water partition coefficient (Wildman–Crippen LogP) is 5.63. The molecule has 4 aromatic carbocycles. The number of carbonyl (C=O) groups excluding carboxylic acids is 4. The maximum absolute atomic E-state index is 13.3. The molecule has 11 heteroatoms. The highest BCUT2D eigenvalue weighted by Crippen LogP contribution is 2.47. The van der Waals surface area contributed by atoms with E-state index in [2.05, 4.69) is 75.8 Å². The lowest BCUT2D eigenvalue weighted by molar-refractivity contribution is -0.291. The fraction of sp³-hybridized carbons (Fsp3) is 0.391. The van der Waals surface area contributed by atoms with Gasteiger partial charge in [0.25, 0.3) is 11.8 Å². The van der Waals surface area contributed by atoms with Gasteiger partial charge in [-0.05, 0) is 95.0 Å². The van der Waals surface area contributed by atoms with Crippen LogP contribution in [0.1, 0.15) is 98.0 Å². The summed E-state index contributed by atoms with van der Waals surface area (Å²) in [7, 11) is 0. The molecule has 1 aliphatic carbocycles. The van der Waals surface area contributed by atoms with Crippen LogP contribution in [0.3, 0.4) is 0 Å². The van der Waals surface area contributed by atoms with Gasteiger partial charge in [-0.25, -0.2) is 0 Å². The molecule has 1 spiro atoms. The van der Waals surface area contributed by atoms with Gasteiger partial charge in [0.2, 0.25) is 11.8 Å². The van der Waals surface area contributed by atoms with E-state index in [4.69, 9.17) is 9.47 Å². The molecule has 5 heterocycles. The number of hydrogen-bond donors (Lipinski definition) is 2. The quantitative estimate of drug-likeness (QED) is 0.240. The molecule has 4 aromatic rings. The summed E-state index contributed by atoms with van der Waals surface area (Å²) in [6.07, 6.45) is 3.80. The number of aryl methyl sites for hydroxylation is 1. The Hall–Kier alpha value is -5.36. The maximum atomic E-state index is 13.3. The average Bonchev–Trinajstić information content (AvgIpc) is 3.73. The molecule has 3 fully saturated rings. The second-order valence-electron chi connectivity index (χ2n) is 16.7. The van der Waals surface area contributed by atoms with E-state index in [0.29, 0.717) is 49.1 Å². The number of anilines is 1. The van der Waals surface area contributed by atoms with Gasteiger partial charge in [0.1, 0.15) is 11.8 Å². The van der Waals surface area contributed by atoms with Crippen molar-refractivity contribution < 1.29 is 33.8 Å². The summed E-state index contributed by atoms with van der Waals surface area (Å²) in [5.74, 6) is -1.40. The van der Waals surface area contributed by atoms with Gasteiger partial charge in [-0.3, -0.25) is 34.3 Å². The minimum Gasteiger partial charge on any atom is -0.508 e. The number of ether oxygens (including phenoxy) is 2. The van der Waals surface area contributed by atoms with Gasteiger partial charge >= 0.3 is 0 Å². The van der Waals surface area contributed by atoms with Crippen LogP contribution >= 0.6 is 0 Å². The van der Waals surface area contributed by atoms with Crippen molar-refractivity contribution in [3.05, 3.63) is 129 Å². The molecule has 57 heavy (non-hydrogen) atoms. The topological polar surface area (TPSA) is 129 Å². The minimum absolute atomic E-state index is 0.0970. The molecule has 4 amide bonds. The zero-order valence-corrected chi connectivity index (χ0v) is 31.8. The first kappa shape index (κ1) is 36.0. The summed E-state index contributed by atoms with van der Waals surface area (Å²) in [6, 6.07) is 28.4. The summed E-state index contributed by atoms with van der Waals surface area (Å²) in [5.41, 5.74) is 9.05. The van der Waals surface area contributed by atoms with Crippen LogP contribution in [0.4, 0.5) is 5.69 Å². The molecular formula is C46H46N4O7. The van der Waals surface area contributed by atoms with E-state index in [1.807, 2.05) is 24.3 Å². The Bertz CT molecular complexity index is 2210. The number of amides is 4. The lowest BCUT2D eigenvalue weighted by atomic mass is 9.69. The van der Waals surface area contributed by atoms with Crippen molar-refractivity contribution >= 4 is 29.3 Å². The Kier molecular flexibility index (Phi) is 8.99. The Morgan fingerprint density at radius 3 is 2.09 bits per heavy atom. The van der Waals surface area contributed by atoms with Crippen LogP contribution in [0.2, 0.25) is 0 Å². The normalized spacial score (nSPS) is 24.7. The molecule has 0 bridgehead atoms. The molecular weight excluding hydrogens is 721 g/mol. The van der Waals surface area contributed by atoms with Crippen molar-refractivity contribution in [2.75, 3.05) is 37.7 Å². The number of piperidine rings is 2. The van der Waals surface area contributed by atoms with Crippen molar-refractivity contribution in [2.24, 2.45) is 5.92 Å². The third-order valence-corrected chi connectivity index (χ3v) is 13.2. The van der Waals surface area contributed by atoms with E-state index in [9.17, 15) is 24.3 Å². The lowest BCUT2D eigenvalue weighted by Crippen LogP contribution is -2.54. The number of carbonyl (C=O) groups is 4. The summed E-state index contributed by atoms with van der Waals surface area (Å²) < 4.78 is 13.0. The number of nitrogens with one attached hydrogen (secondary N) is 1. The summed E-state index contributed by atoms with van der Waals surface area (Å²) in [6.45, 7) is 4.98. The number of fused-ring (bicyclic) bond motifs is 3. The number of phenols is 1.